The summed E-state index contributed by atoms with van der Waals surface area (Å²) in [6, 6.07) is 8.76. The smallest absolute Gasteiger partial charge is 0.317 e. The summed E-state index contributed by atoms with van der Waals surface area (Å²) in [5, 5.41) is 4.82. The van der Waals surface area contributed by atoms with Gasteiger partial charge in [0.15, 0.2) is 11.7 Å². The molecule has 2 heterocycles. The molecule has 1 aromatic carbocycles. The van der Waals surface area contributed by atoms with Crippen molar-refractivity contribution in [2.75, 3.05) is 11.1 Å². The lowest BCUT2D eigenvalue weighted by molar-refractivity contribution is -0.150. The molecule has 27 heavy (non-hydrogen) atoms. The van der Waals surface area contributed by atoms with Gasteiger partial charge >= 0.3 is 5.97 Å². The monoisotopic (exact) mass is 405 g/mol. The first-order valence-electron chi connectivity index (χ1n) is 7.80. The van der Waals surface area contributed by atoms with E-state index in [1.807, 2.05) is 12.1 Å². The molecule has 3 aromatic rings. The molecule has 1 atom stereocenters. The molecule has 0 aliphatic carbocycles. The number of rotatable bonds is 7. The molecular weight excluding hydrogens is 390 g/mol. The number of carbonyl (C=O) groups is 3. The number of thioether (sulfide) groups is 1. The van der Waals surface area contributed by atoms with Crippen molar-refractivity contribution >= 4 is 57.0 Å². The molecule has 0 saturated heterocycles. The van der Waals surface area contributed by atoms with Gasteiger partial charge in [-0.25, -0.2) is 4.98 Å². The van der Waals surface area contributed by atoms with E-state index in [4.69, 9.17) is 14.9 Å². The van der Waals surface area contributed by atoms with Gasteiger partial charge in [-0.1, -0.05) is 23.9 Å². The van der Waals surface area contributed by atoms with Crippen LogP contribution in [-0.2, 0) is 14.3 Å². The van der Waals surface area contributed by atoms with Crippen LogP contribution in [0.4, 0.5) is 5.00 Å². The summed E-state index contributed by atoms with van der Waals surface area (Å²) in [6.45, 7) is 1.44. The Hall–Kier alpha value is -2.85. The first-order valence-corrected chi connectivity index (χ1v) is 9.66. The molecule has 2 amide bonds. The number of hydrogen-bond donors (Lipinski definition) is 2. The number of nitrogens with one attached hydrogen (secondary N) is 1. The highest BCUT2D eigenvalue weighted by Crippen LogP contribution is 2.24. The quantitative estimate of drug-likeness (QED) is 0.457. The van der Waals surface area contributed by atoms with Gasteiger partial charge in [-0.2, -0.15) is 0 Å². The van der Waals surface area contributed by atoms with E-state index in [2.05, 4.69) is 10.3 Å². The zero-order chi connectivity index (χ0) is 19.4. The van der Waals surface area contributed by atoms with Crippen LogP contribution in [0.5, 0.6) is 0 Å². The highest BCUT2D eigenvalue weighted by molar-refractivity contribution is 7.99. The highest BCUT2D eigenvalue weighted by Gasteiger charge is 2.21. The molecule has 0 spiro atoms. The number of anilines is 1. The summed E-state index contributed by atoms with van der Waals surface area (Å²) >= 11 is 2.23. The molecule has 0 aliphatic heterocycles. The van der Waals surface area contributed by atoms with Crippen LogP contribution in [0.3, 0.4) is 0 Å². The van der Waals surface area contributed by atoms with Crippen LogP contribution < -0.4 is 11.1 Å². The maximum Gasteiger partial charge on any atom is 0.317 e. The van der Waals surface area contributed by atoms with Crippen molar-refractivity contribution in [3.8, 4) is 0 Å². The Labute approximate surface area is 162 Å². The van der Waals surface area contributed by atoms with Gasteiger partial charge in [-0.05, 0) is 30.5 Å². The fourth-order valence-corrected chi connectivity index (χ4v) is 3.55. The fraction of sp³-hybridized carbons (Fsp3) is 0.176. The number of carbonyl (C=O) groups excluding carboxylic acids is 3. The largest absolute Gasteiger partial charge is 0.452 e. The number of nitrogens with two attached hydrogens (primary N) is 1. The van der Waals surface area contributed by atoms with Gasteiger partial charge in [0, 0.05) is 0 Å². The molecule has 10 heteroatoms. The van der Waals surface area contributed by atoms with Crippen LogP contribution in [0.25, 0.3) is 11.1 Å². The Bertz CT molecular complexity index is 964. The van der Waals surface area contributed by atoms with Gasteiger partial charge in [0.1, 0.15) is 16.3 Å². The number of benzene rings is 1. The molecule has 0 bridgehead atoms. The molecule has 0 radical (unpaired) electrons. The lowest BCUT2D eigenvalue weighted by atomic mass is 10.3. The number of hydrogen-bond acceptors (Lipinski definition) is 8. The number of esters is 1. The van der Waals surface area contributed by atoms with Gasteiger partial charge < -0.3 is 20.2 Å². The predicted molar refractivity (Wildman–Crippen MR) is 102 cm³/mol. The lowest BCUT2D eigenvalue weighted by Crippen LogP contribution is -2.31. The van der Waals surface area contributed by atoms with Crippen molar-refractivity contribution in [2.24, 2.45) is 5.73 Å². The Balaban J connectivity index is 1.51. The number of thiophene rings is 1. The van der Waals surface area contributed by atoms with Crippen LogP contribution in [0.15, 0.2) is 45.4 Å². The SMILES string of the molecule is C[C@H](OC(=O)CSc1nc2ccccc2o1)C(=O)Nc1sccc1C(N)=O. The van der Waals surface area contributed by atoms with Crippen LogP contribution >= 0.6 is 23.1 Å². The number of aromatic nitrogens is 1. The van der Waals surface area contributed by atoms with Crippen molar-refractivity contribution in [3.05, 3.63) is 41.3 Å². The molecular formula is C17H15N3O5S2. The molecule has 0 saturated carbocycles. The zero-order valence-corrected chi connectivity index (χ0v) is 15.8. The van der Waals surface area contributed by atoms with E-state index in [-0.39, 0.29) is 11.3 Å². The number of para-hydroxylation sites is 2. The molecule has 2 aromatic heterocycles. The number of oxazole rings is 1. The average molecular weight is 405 g/mol. The van der Waals surface area contributed by atoms with E-state index >= 15 is 0 Å². The highest BCUT2D eigenvalue weighted by atomic mass is 32.2. The molecule has 8 nitrogen and oxygen atoms in total. The Morgan fingerprint density at radius 2 is 2.11 bits per heavy atom. The van der Waals surface area contributed by atoms with Crippen LogP contribution in [0, 0.1) is 0 Å². The second kappa shape index (κ2) is 8.23. The second-order valence-electron chi connectivity index (χ2n) is 5.39. The summed E-state index contributed by atoms with van der Waals surface area (Å²) in [6.07, 6.45) is -1.04. The van der Waals surface area contributed by atoms with Crippen molar-refractivity contribution in [3.63, 3.8) is 0 Å². The first kappa shape index (κ1) is 18.9. The number of amides is 2. The summed E-state index contributed by atoms with van der Waals surface area (Å²) in [5.74, 6) is -1.85. The second-order valence-corrected chi connectivity index (χ2v) is 7.23. The van der Waals surface area contributed by atoms with E-state index in [1.54, 1.807) is 17.5 Å². The molecule has 3 rings (SSSR count). The molecule has 140 valence electrons. The van der Waals surface area contributed by atoms with Crippen molar-refractivity contribution in [2.45, 2.75) is 18.3 Å². The van der Waals surface area contributed by atoms with Crippen LogP contribution in [0.2, 0.25) is 0 Å². The van der Waals surface area contributed by atoms with Gasteiger partial charge in [-0.15, -0.1) is 11.3 Å². The fourth-order valence-electron chi connectivity index (χ4n) is 2.13. The Morgan fingerprint density at radius 3 is 2.85 bits per heavy atom. The lowest BCUT2D eigenvalue weighted by Gasteiger charge is -2.12. The minimum Gasteiger partial charge on any atom is -0.452 e. The third kappa shape index (κ3) is 4.66. The number of ether oxygens (including phenoxy) is 1. The van der Waals surface area contributed by atoms with E-state index in [1.165, 1.54) is 13.0 Å². The predicted octanol–water partition coefficient (Wildman–Crippen LogP) is 2.65. The molecule has 3 N–H and O–H groups in total. The summed E-state index contributed by atoms with van der Waals surface area (Å²) in [7, 11) is 0. The summed E-state index contributed by atoms with van der Waals surface area (Å²) < 4.78 is 10.6. The van der Waals surface area contributed by atoms with E-state index < -0.39 is 23.9 Å². The van der Waals surface area contributed by atoms with Gasteiger partial charge in [-0.3, -0.25) is 14.4 Å². The molecule has 0 fully saturated rings. The number of fused-ring (bicyclic) bond motifs is 1. The number of nitrogens with zero attached hydrogens (tertiary/aromatic N) is 1. The minimum atomic E-state index is -1.04. The minimum absolute atomic E-state index is 0.0595. The van der Waals surface area contributed by atoms with Crippen LogP contribution in [-0.4, -0.2) is 34.6 Å². The Kier molecular flexibility index (Phi) is 5.77. The summed E-state index contributed by atoms with van der Waals surface area (Å²) in [5.41, 5.74) is 6.76. The third-order valence-corrected chi connectivity index (χ3v) is 5.06. The zero-order valence-electron chi connectivity index (χ0n) is 14.1. The van der Waals surface area contributed by atoms with Crippen molar-refractivity contribution in [1.29, 1.82) is 0 Å². The average Bonchev–Trinajstić information content (AvgIpc) is 3.26. The van der Waals surface area contributed by atoms with Crippen molar-refractivity contribution < 1.29 is 23.5 Å². The van der Waals surface area contributed by atoms with E-state index in [0.29, 0.717) is 21.3 Å². The normalized spacial score (nSPS) is 11.9. The topological polar surface area (TPSA) is 125 Å². The third-order valence-electron chi connectivity index (χ3n) is 3.43. The van der Waals surface area contributed by atoms with E-state index in [0.717, 1.165) is 23.1 Å². The van der Waals surface area contributed by atoms with Crippen LogP contribution in [0.1, 0.15) is 17.3 Å². The van der Waals surface area contributed by atoms with Gasteiger partial charge in [0.25, 0.3) is 17.0 Å². The van der Waals surface area contributed by atoms with Crippen molar-refractivity contribution in [1.82, 2.24) is 4.98 Å². The van der Waals surface area contributed by atoms with Gasteiger partial charge in [0.2, 0.25) is 0 Å². The van der Waals surface area contributed by atoms with Gasteiger partial charge in [0.05, 0.1) is 5.56 Å². The maximum absolute atomic E-state index is 12.1. The molecule has 0 aliphatic rings. The van der Waals surface area contributed by atoms with E-state index in [9.17, 15) is 14.4 Å². The Morgan fingerprint density at radius 1 is 1.33 bits per heavy atom. The number of primary amides is 1. The maximum atomic E-state index is 12.1. The first-order chi connectivity index (χ1) is 12.9. The summed E-state index contributed by atoms with van der Waals surface area (Å²) in [4.78, 5) is 39.6. The standard InChI is InChI=1S/C17H15N3O5S2/c1-9(15(23)20-16-10(14(18)22)6-7-26-16)24-13(21)8-27-17-19-11-4-2-3-5-12(11)25-17/h2-7,9H,8H2,1H3,(H2,18,22)(H,20,23)/t9-/m0/s1. The molecule has 0 unspecified atom stereocenters.